The average Bonchev–Trinajstić information content (AvgIpc) is 4.10. The monoisotopic (exact) mass is 1020 g/mol. The van der Waals surface area contributed by atoms with Crippen molar-refractivity contribution in [2.24, 2.45) is 0 Å². The molecule has 0 atom stereocenters. The van der Waals surface area contributed by atoms with Gasteiger partial charge in [0, 0.05) is 30.6 Å². The Hall–Kier alpha value is -5.39. The highest BCUT2D eigenvalue weighted by atomic mass is 32.1. The van der Waals surface area contributed by atoms with Crippen LogP contribution in [0.5, 0.6) is 0 Å². The predicted molar refractivity (Wildman–Crippen MR) is 317 cm³/mol. The lowest BCUT2D eigenvalue weighted by atomic mass is 9.88. The van der Waals surface area contributed by atoms with E-state index in [2.05, 4.69) is 114 Å². The summed E-state index contributed by atoms with van der Waals surface area (Å²) < 4.78 is 0. The lowest BCUT2D eigenvalue weighted by molar-refractivity contribution is 0.605. The molecule has 0 amide bonds. The molecule has 0 aliphatic rings. The minimum absolute atomic E-state index is 0.240. The van der Waals surface area contributed by atoms with Crippen molar-refractivity contribution in [1.82, 2.24) is 9.97 Å². The van der Waals surface area contributed by atoms with E-state index >= 15 is 0 Å². The summed E-state index contributed by atoms with van der Waals surface area (Å²) >= 11 is 3.76. The van der Waals surface area contributed by atoms with Gasteiger partial charge in [-0.25, -0.2) is 9.97 Å². The van der Waals surface area contributed by atoms with Gasteiger partial charge in [0.1, 0.15) is 0 Å². The van der Waals surface area contributed by atoms with Crippen molar-refractivity contribution >= 4 is 22.7 Å². The van der Waals surface area contributed by atoms with Gasteiger partial charge in [-0.1, -0.05) is 162 Å². The first-order valence-corrected chi connectivity index (χ1v) is 30.6. The van der Waals surface area contributed by atoms with Crippen molar-refractivity contribution in [3.8, 4) is 72.3 Å². The van der Waals surface area contributed by atoms with Gasteiger partial charge in [-0.05, 0) is 159 Å². The highest BCUT2D eigenvalue weighted by molar-refractivity contribution is 7.23. The van der Waals surface area contributed by atoms with Crippen molar-refractivity contribution in [3.63, 3.8) is 0 Å². The molecule has 0 bridgehead atoms. The maximum absolute atomic E-state index is 10.7. The maximum atomic E-state index is 10.7. The smallest absolute Gasteiger partial charge is 0.163 e. The second-order valence-corrected chi connectivity index (χ2v) is 23.4. The maximum Gasteiger partial charge on any atom is 0.163 e. The largest absolute Gasteiger partial charge is 0.228 e. The van der Waals surface area contributed by atoms with E-state index in [9.17, 15) is 15.8 Å². The summed E-state index contributed by atoms with van der Waals surface area (Å²) in [6.07, 6.45) is 33.2. The van der Waals surface area contributed by atoms with Crippen LogP contribution in [0.4, 0.5) is 0 Å². The lowest BCUT2D eigenvalue weighted by Gasteiger charge is -2.19. The third kappa shape index (κ3) is 16.8. The first-order chi connectivity index (χ1) is 36.2. The number of hydrogen-bond donors (Lipinski definition) is 0. The number of hydrogen-bond acceptors (Lipinski definition) is 7. The Labute approximate surface area is 455 Å². The Kier molecular flexibility index (Phi) is 24.6. The molecular weight excluding hydrogens is 939 g/mol. The summed E-state index contributed by atoms with van der Waals surface area (Å²) in [5.74, 6) is 0.361. The second kappa shape index (κ2) is 31.5. The van der Waals surface area contributed by atoms with Crippen LogP contribution in [0.3, 0.4) is 0 Å². The summed E-state index contributed by atoms with van der Waals surface area (Å²) in [5.41, 5.74) is 13.0. The summed E-state index contributed by atoms with van der Waals surface area (Å²) in [4.78, 5) is 16.2. The van der Waals surface area contributed by atoms with Crippen LogP contribution < -0.4 is 0 Å². The van der Waals surface area contributed by atoms with E-state index in [1.165, 1.54) is 181 Å². The summed E-state index contributed by atoms with van der Waals surface area (Å²) in [5, 5.41) is 31.5. The van der Waals surface area contributed by atoms with Crippen molar-refractivity contribution in [2.45, 2.75) is 221 Å². The van der Waals surface area contributed by atoms with Crippen LogP contribution in [-0.2, 0) is 25.7 Å². The molecule has 0 fully saturated rings. The lowest BCUT2D eigenvalue weighted by Crippen LogP contribution is -2.05. The zero-order valence-electron chi connectivity index (χ0n) is 46.2. The van der Waals surface area contributed by atoms with Crippen LogP contribution in [0.1, 0.15) is 231 Å². The topological polar surface area (TPSA) is 97.1 Å². The fourth-order valence-corrected chi connectivity index (χ4v) is 12.6. The van der Waals surface area contributed by atoms with E-state index in [1.54, 1.807) is 12.1 Å². The first-order valence-electron chi connectivity index (χ1n) is 29.0. The third-order valence-electron chi connectivity index (χ3n) is 15.0. The molecule has 390 valence electrons. The Balaban J connectivity index is 1.59. The molecule has 5 nitrogen and oxygen atoms in total. The quantitative estimate of drug-likeness (QED) is 0.0383. The number of aromatic nitrogens is 2. The number of nitriles is 3. The van der Waals surface area contributed by atoms with Crippen LogP contribution in [-0.4, -0.2) is 9.97 Å². The molecule has 0 aliphatic carbocycles. The highest BCUT2D eigenvalue weighted by Gasteiger charge is 2.23. The molecule has 3 aromatic carbocycles. The van der Waals surface area contributed by atoms with Gasteiger partial charge in [-0.2, -0.15) is 15.8 Å². The molecule has 0 N–H and O–H groups in total. The molecule has 74 heavy (non-hydrogen) atoms. The normalized spacial score (nSPS) is 11.2. The van der Waals surface area contributed by atoms with Gasteiger partial charge in [-0.3, -0.25) is 0 Å². The summed E-state index contributed by atoms with van der Waals surface area (Å²) in [6.45, 7) is 13.6. The average molecular weight is 1020 g/mol. The van der Waals surface area contributed by atoms with Gasteiger partial charge >= 0.3 is 0 Å². The number of benzene rings is 3. The van der Waals surface area contributed by atoms with Gasteiger partial charge in [0.05, 0.1) is 51.8 Å². The fourth-order valence-electron chi connectivity index (χ4n) is 10.6. The van der Waals surface area contributed by atoms with E-state index in [0.29, 0.717) is 11.4 Å². The Morgan fingerprint density at radius 3 is 1.24 bits per heavy atom. The zero-order chi connectivity index (χ0) is 52.5. The van der Waals surface area contributed by atoms with Crippen LogP contribution in [0.2, 0.25) is 0 Å². The number of unbranched alkanes of at least 4 members (excludes halogenated alkanes) is 20. The van der Waals surface area contributed by atoms with Crippen molar-refractivity contribution in [2.75, 3.05) is 0 Å². The number of aryl methyl sites for hydroxylation is 6. The first kappa shape index (κ1) is 57.9. The summed E-state index contributed by atoms with van der Waals surface area (Å²) in [7, 11) is 0. The fraction of sp³-hybridized carbons (Fsp3) is 0.507. The van der Waals surface area contributed by atoms with E-state index in [1.807, 2.05) is 22.7 Å². The zero-order valence-corrected chi connectivity index (χ0v) is 47.8. The van der Waals surface area contributed by atoms with E-state index in [0.717, 1.165) is 73.9 Å². The van der Waals surface area contributed by atoms with Gasteiger partial charge in [0.2, 0.25) is 0 Å². The Bertz CT molecular complexity index is 2790. The molecule has 6 aromatic rings. The predicted octanol–water partition coefficient (Wildman–Crippen LogP) is 20.8. The number of thiophene rings is 2. The molecule has 0 spiro atoms. The highest BCUT2D eigenvalue weighted by Crippen LogP contribution is 2.43. The Morgan fingerprint density at radius 2 is 0.784 bits per heavy atom. The van der Waals surface area contributed by atoms with Crippen molar-refractivity contribution in [1.29, 1.82) is 15.8 Å². The molecule has 3 heterocycles. The van der Waals surface area contributed by atoms with Crippen molar-refractivity contribution < 1.29 is 0 Å². The minimum Gasteiger partial charge on any atom is -0.228 e. The SMILES string of the molecule is CCCCCCCCc1cc(-c2cc(-c3cc(CCCCCCCC)c(-c4ccc(-c5ccc(C)s5)s4)cc3CCCCCCCC)nc(-c3c(C#N)cc(C#N)cc3C#N)n2)c(CCCCCCCC)cc1C. The van der Waals surface area contributed by atoms with Crippen LogP contribution in [0.25, 0.3) is 54.1 Å². The molecule has 3 aromatic heterocycles. The standard InChI is InChI=1S/C67H85N5S2/c1-7-11-15-19-23-27-31-52-42-58(53(39-49(52)5)32-28-24-20-16-12-8-2)61-45-62(72-67(71-61)66-56(47-69)40-51(46-68)41-57(66)48-70)59-43-55(34-30-26-22-18-14-10-4)60(44-54(59)33-29-25-21-17-13-9-3)63-37-38-65(74-63)64-36-35-50(6)73-64/h35-45H,7-34H2,1-6H3. The molecule has 0 saturated carbocycles. The van der Waals surface area contributed by atoms with E-state index in [-0.39, 0.29) is 16.7 Å². The van der Waals surface area contributed by atoms with Gasteiger partial charge in [0.15, 0.2) is 5.82 Å². The minimum atomic E-state index is 0.240. The number of rotatable bonds is 33. The van der Waals surface area contributed by atoms with E-state index in [4.69, 9.17) is 9.97 Å². The Morgan fingerprint density at radius 1 is 0.392 bits per heavy atom. The third-order valence-corrected chi connectivity index (χ3v) is 17.3. The number of nitrogens with zero attached hydrogens (tertiary/aromatic N) is 5. The van der Waals surface area contributed by atoms with E-state index < -0.39 is 0 Å². The molecule has 6 rings (SSSR count). The van der Waals surface area contributed by atoms with Crippen LogP contribution >= 0.6 is 22.7 Å². The van der Waals surface area contributed by atoms with Gasteiger partial charge in [-0.15, -0.1) is 22.7 Å². The van der Waals surface area contributed by atoms with Gasteiger partial charge in [0.25, 0.3) is 0 Å². The molecule has 0 saturated heterocycles. The molecule has 0 radical (unpaired) electrons. The van der Waals surface area contributed by atoms with Crippen LogP contribution in [0.15, 0.2) is 66.7 Å². The molecule has 0 unspecified atom stereocenters. The second-order valence-electron chi connectivity index (χ2n) is 21.0. The molecule has 7 heteroatoms. The molecule has 0 aliphatic heterocycles. The van der Waals surface area contributed by atoms with Crippen molar-refractivity contribution in [3.05, 3.63) is 116 Å². The van der Waals surface area contributed by atoms with Crippen LogP contribution in [0, 0.1) is 47.8 Å². The summed E-state index contributed by atoms with van der Waals surface area (Å²) in [6, 6.07) is 31.2. The molecular formula is C67H85N5S2. The van der Waals surface area contributed by atoms with Gasteiger partial charge < -0.3 is 0 Å².